The highest BCUT2D eigenvalue weighted by atomic mass is 16.5. The molecule has 0 radical (unpaired) electrons. The maximum atomic E-state index is 12.9. The number of phenols is 1. The number of aromatic nitrogens is 3. The van der Waals surface area contributed by atoms with Crippen LogP contribution in [0.2, 0.25) is 0 Å². The highest BCUT2D eigenvalue weighted by Crippen LogP contribution is 2.23. The number of phenolic OH excluding ortho intramolecular Hbond substituents is 1. The Morgan fingerprint density at radius 2 is 2.15 bits per heavy atom. The number of aromatic hydroxyl groups is 1. The van der Waals surface area contributed by atoms with Gasteiger partial charge in [0.25, 0.3) is 5.91 Å². The van der Waals surface area contributed by atoms with Gasteiger partial charge in [0.2, 0.25) is 0 Å². The summed E-state index contributed by atoms with van der Waals surface area (Å²) in [6.07, 6.45) is 5.25. The summed E-state index contributed by atoms with van der Waals surface area (Å²) in [4.78, 5) is 18.7. The van der Waals surface area contributed by atoms with Gasteiger partial charge in [-0.25, -0.2) is 0 Å². The number of fused-ring (bicyclic) bond motifs is 1. The van der Waals surface area contributed by atoms with Crippen LogP contribution in [-0.4, -0.2) is 43.8 Å². The number of hydrogen-bond donors (Lipinski definition) is 1. The lowest BCUT2D eigenvalue weighted by atomic mass is 10.1. The van der Waals surface area contributed by atoms with Crippen LogP contribution in [-0.2, 0) is 17.9 Å². The number of benzene rings is 1. The molecule has 0 unspecified atom stereocenters. The number of carbonyl (C=O) groups excluding carboxylic acids is 1. The molecule has 138 valence electrons. The number of rotatable bonds is 5. The summed E-state index contributed by atoms with van der Waals surface area (Å²) >= 11 is 0. The van der Waals surface area contributed by atoms with Gasteiger partial charge >= 0.3 is 0 Å². The van der Waals surface area contributed by atoms with E-state index in [9.17, 15) is 9.90 Å². The first-order valence-corrected chi connectivity index (χ1v) is 8.78. The minimum Gasteiger partial charge on any atom is -0.508 e. The van der Waals surface area contributed by atoms with E-state index in [2.05, 4.69) is 10.1 Å². The van der Waals surface area contributed by atoms with E-state index in [1.807, 2.05) is 22.9 Å². The van der Waals surface area contributed by atoms with Crippen molar-refractivity contribution in [3.63, 3.8) is 0 Å². The van der Waals surface area contributed by atoms with Crippen LogP contribution in [0, 0.1) is 0 Å². The highest BCUT2D eigenvalue weighted by molar-refractivity contribution is 5.94. The van der Waals surface area contributed by atoms with Crippen LogP contribution in [0.5, 0.6) is 5.75 Å². The summed E-state index contributed by atoms with van der Waals surface area (Å²) in [5.74, 6) is -0.0325. The van der Waals surface area contributed by atoms with Crippen molar-refractivity contribution in [2.45, 2.75) is 19.2 Å². The summed E-state index contributed by atoms with van der Waals surface area (Å²) < 4.78 is 7.79. The smallest absolute Gasteiger partial charge is 0.254 e. The highest BCUT2D eigenvalue weighted by Gasteiger charge is 2.29. The number of amides is 1. The number of hydrogen-bond acceptors (Lipinski definition) is 5. The SMILES string of the molecule is O=C(c1cccc(O)c1)N1Cc2ccnn2[C@@H](COCc2cccnc2)C1. The van der Waals surface area contributed by atoms with Crippen LogP contribution in [0.3, 0.4) is 0 Å². The lowest BCUT2D eigenvalue weighted by molar-refractivity contribution is 0.0447. The first kappa shape index (κ1) is 17.2. The quantitative estimate of drug-likeness (QED) is 0.752. The first-order chi connectivity index (χ1) is 13.2. The molecule has 1 atom stereocenters. The first-order valence-electron chi connectivity index (χ1n) is 8.78. The molecule has 4 rings (SSSR count). The third kappa shape index (κ3) is 3.83. The monoisotopic (exact) mass is 364 g/mol. The molecule has 7 nitrogen and oxygen atoms in total. The van der Waals surface area contributed by atoms with E-state index >= 15 is 0 Å². The lowest BCUT2D eigenvalue weighted by Gasteiger charge is -2.34. The standard InChI is InChI=1S/C20H20N4O3/c25-19-5-1-4-16(9-19)20(26)23-11-17-6-8-22-24(17)18(12-23)14-27-13-15-3-2-7-21-10-15/h1-10,18,25H,11-14H2/t18-/m1/s1. The van der Waals surface area contributed by atoms with Crippen LogP contribution < -0.4 is 0 Å². The molecule has 27 heavy (non-hydrogen) atoms. The van der Waals surface area contributed by atoms with Crippen molar-refractivity contribution < 1.29 is 14.6 Å². The molecule has 0 saturated carbocycles. The number of carbonyl (C=O) groups is 1. The van der Waals surface area contributed by atoms with Crippen LogP contribution in [0.15, 0.2) is 61.1 Å². The number of pyridine rings is 1. The molecule has 1 aliphatic rings. The van der Waals surface area contributed by atoms with Gasteiger partial charge in [0.05, 0.1) is 31.5 Å². The molecule has 0 aliphatic carbocycles. The summed E-state index contributed by atoms with van der Waals surface area (Å²) in [7, 11) is 0. The molecule has 0 fully saturated rings. The average molecular weight is 364 g/mol. The van der Waals surface area contributed by atoms with Gasteiger partial charge in [0.1, 0.15) is 5.75 Å². The molecule has 1 aliphatic heterocycles. The Bertz CT molecular complexity index is 926. The van der Waals surface area contributed by atoms with Gasteiger partial charge in [0, 0.05) is 30.7 Å². The average Bonchev–Trinajstić information content (AvgIpc) is 3.17. The van der Waals surface area contributed by atoms with Gasteiger partial charge in [0.15, 0.2) is 0 Å². The summed E-state index contributed by atoms with van der Waals surface area (Å²) in [6, 6.07) is 12.1. The number of ether oxygens (including phenoxy) is 1. The van der Waals surface area contributed by atoms with Crippen molar-refractivity contribution in [3.05, 3.63) is 77.9 Å². The minimum atomic E-state index is -0.115. The molecule has 0 spiro atoms. The molecule has 1 aromatic carbocycles. The van der Waals surface area contributed by atoms with E-state index in [1.165, 1.54) is 6.07 Å². The van der Waals surface area contributed by atoms with Gasteiger partial charge in [-0.15, -0.1) is 0 Å². The molecule has 2 aromatic heterocycles. The summed E-state index contributed by atoms with van der Waals surface area (Å²) in [5.41, 5.74) is 2.43. The van der Waals surface area contributed by atoms with Gasteiger partial charge in [-0.2, -0.15) is 5.10 Å². The van der Waals surface area contributed by atoms with E-state index < -0.39 is 0 Å². The summed E-state index contributed by atoms with van der Waals surface area (Å²) in [5, 5.41) is 14.0. The molecule has 1 amide bonds. The zero-order valence-corrected chi connectivity index (χ0v) is 14.7. The predicted octanol–water partition coefficient (Wildman–Crippen LogP) is 2.40. The Hall–Kier alpha value is -3.19. The minimum absolute atomic E-state index is 0.0679. The predicted molar refractivity (Wildman–Crippen MR) is 98.0 cm³/mol. The van der Waals surface area contributed by atoms with E-state index in [0.29, 0.717) is 31.9 Å². The van der Waals surface area contributed by atoms with Crippen molar-refractivity contribution in [3.8, 4) is 5.75 Å². The topological polar surface area (TPSA) is 80.5 Å². The van der Waals surface area contributed by atoms with Gasteiger partial charge < -0.3 is 14.7 Å². The Labute approximate surface area is 156 Å². The second-order valence-corrected chi connectivity index (χ2v) is 6.53. The maximum absolute atomic E-state index is 12.9. The Balaban J connectivity index is 1.46. The van der Waals surface area contributed by atoms with Crippen molar-refractivity contribution >= 4 is 5.91 Å². The molecular formula is C20H20N4O3. The van der Waals surface area contributed by atoms with Gasteiger partial charge in [-0.05, 0) is 35.9 Å². The molecule has 7 heteroatoms. The van der Waals surface area contributed by atoms with Crippen molar-refractivity contribution in [2.24, 2.45) is 0 Å². The van der Waals surface area contributed by atoms with Gasteiger partial charge in [-0.3, -0.25) is 14.5 Å². The Kier molecular flexibility index (Phi) is 4.84. The zero-order chi connectivity index (χ0) is 18.6. The molecule has 0 saturated heterocycles. The normalized spacial score (nSPS) is 16.1. The molecule has 3 heterocycles. The fourth-order valence-corrected chi connectivity index (χ4v) is 3.28. The Morgan fingerprint density at radius 1 is 1.22 bits per heavy atom. The largest absolute Gasteiger partial charge is 0.508 e. The second-order valence-electron chi connectivity index (χ2n) is 6.53. The third-order valence-corrected chi connectivity index (χ3v) is 4.56. The van der Waals surface area contributed by atoms with Crippen LogP contribution in [0.25, 0.3) is 0 Å². The van der Waals surface area contributed by atoms with E-state index in [0.717, 1.165) is 11.3 Å². The third-order valence-electron chi connectivity index (χ3n) is 4.56. The molecule has 3 aromatic rings. The Morgan fingerprint density at radius 3 is 2.96 bits per heavy atom. The maximum Gasteiger partial charge on any atom is 0.254 e. The van der Waals surface area contributed by atoms with Crippen LogP contribution >= 0.6 is 0 Å². The van der Waals surface area contributed by atoms with Crippen molar-refractivity contribution in [1.82, 2.24) is 19.7 Å². The van der Waals surface area contributed by atoms with Crippen molar-refractivity contribution in [1.29, 1.82) is 0 Å². The van der Waals surface area contributed by atoms with Crippen LogP contribution in [0.1, 0.15) is 27.7 Å². The van der Waals surface area contributed by atoms with E-state index in [1.54, 1.807) is 41.7 Å². The lowest BCUT2D eigenvalue weighted by Crippen LogP contribution is -2.42. The van der Waals surface area contributed by atoms with Crippen molar-refractivity contribution in [2.75, 3.05) is 13.2 Å². The molecular weight excluding hydrogens is 344 g/mol. The van der Waals surface area contributed by atoms with E-state index in [-0.39, 0.29) is 17.7 Å². The molecule has 1 N–H and O–H groups in total. The fraction of sp³-hybridized carbons (Fsp3) is 0.250. The van der Waals surface area contributed by atoms with E-state index in [4.69, 9.17) is 4.74 Å². The fourth-order valence-electron chi connectivity index (χ4n) is 3.28. The second kappa shape index (κ2) is 7.59. The molecule has 0 bridgehead atoms. The summed E-state index contributed by atoms with van der Waals surface area (Å²) in [6.45, 7) is 1.87. The number of nitrogens with zero attached hydrogens (tertiary/aromatic N) is 4. The van der Waals surface area contributed by atoms with Crippen LogP contribution in [0.4, 0.5) is 0 Å². The van der Waals surface area contributed by atoms with Gasteiger partial charge in [-0.1, -0.05) is 12.1 Å². The zero-order valence-electron chi connectivity index (χ0n) is 14.7.